The third-order valence-electron chi connectivity index (χ3n) is 7.81. The number of ether oxygens (including phenoxy) is 2. The van der Waals surface area contributed by atoms with E-state index in [2.05, 4.69) is 5.32 Å². The highest BCUT2D eigenvalue weighted by Gasteiger charge is 2.35. The summed E-state index contributed by atoms with van der Waals surface area (Å²) in [5, 5.41) is 2.89. The first-order chi connectivity index (χ1) is 22.5. The number of aryl methyl sites for hydroxylation is 3. The molecule has 0 heterocycles. The van der Waals surface area contributed by atoms with Crippen molar-refractivity contribution in [3.8, 4) is 11.5 Å². The molecule has 0 aliphatic heterocycles. The van der Waals surface area contributed by atoms with Crippen LogP contribution in [-0.2, 0) is 32.6 Å². The Hall–Kier alpha value is -4.83. The lowest BCUT2D eigenvalue weighted by Gasteiger charge is -2.34. The standard InChI is InChI=1S/C37H43N3O6S/c1-7-38-37(42)33(22-29-11-9-8-10-12-29)39(24-30-15-13-26(2)14-16-30)36(41)25-40(31-20-27(3)19-28(4)21-31)47(43,44)32-17-18-34(45-5)35(23-32)46-6/h8-21,23,33H,7,22,24-25H2,1-6H3,(H,38,42)/t33-/m1/s1. The van der Waals surface area contributed by atoms with Crippen molar-refractivity contribution in [2.75, 3.05) is 31.6 Å². The van der Waals surface area contributed by atoms with Crippen molar-refractivity contribution in [1.29, 1.82) is 0 Å². The van der Waals surface area contributed by atoms with Gasteiger partial charge in [0.05, 0.1) is 24.8 Å². The second kappa shape index (κ2) is 15.6. The fourth-order valence-corrected chi connectivity index (χ4v) is 6.88. The molecule has 0 spiro atoms. The number of benzene rings is 4. The van der Waals surface area contributed by atoms with E-state index in [9.17, 15) is 18.0 Å². The number of carbonyl (C=O) groups excluding carboxylic acids is 2. The van der Waals surface area contributed by atoms with Crippen LogP contribution in [-0.4, -0.2) is 58.5 Å². The molecule has 0 saturated carbocycles. The third kappa shape index (κ3) is 8.71. The Balaban J connectivity index is 1.84. The summed E-state index contributed by atoms with van der Waals surface area (Å²) in [6, 6.07) is 26.0. The Labute approximate surface area is 278 Å². The molecule has 4 aromatic carbocycles. The van der Waals surface area contributed by atoms with Gasteiger partial charge in [0.25, 0.3) is 10.0 Å². The van der Waals surface area contributed by atoms with E-state index in [-0.39, 0.29) is 29.5 Å². The topological polar surface area (TPSA) is 105 Å². The highest BCUT2D eigenvalue weighted by Crippen LogP contribution is 2.33. The van der Waals surface area contributed by atoms with Gasteiger partial charge in [-0.2, -0.15) is 0 Å². The van der Waals surface area contributed by atoms with Crippen LogP contribution in [0.4, 0.5) is 5.69 Å². The highest BCUT2D eigenvalue weighted by molar-refractivity contribution is 7.92. The fraction of sp³-hybridized carbons (Fsp3) is 0.297. The van der Waals surface area contributed by atoms with Gasteiger partial charge in [0.2, 0.25) is 11.8 Å². The molecule has 0 bridgehead atoms. The Bertz CT molecular complexity index is 1770. The average molecular weight is 658 g/mol. The summed E-state index contributed by atoms with van der Waals surface area (Å²) < 4.78 is 40.7. The predicted molar refractivity (Wildman–Crippen MR) is 184 cm³/mol. The maximum atomic E-state index is 14.6. The molecular formula is C37H43N3O6S. The molecule has 4 rings (SSSR count). The van der Waals surface area contributed by atoms with Crippen molar-refractivity contribution in [2.45, 2.75) is 51.6 Å². The van der Waals surface area contributed by atoms with E-state index in [4.69, 9.17) is 9.47 Å². The Morgan fingerprint density at radius 3 is 2.00 bits per heavy atom. The number of anilines is 1. The van der Waals surface area contributed by atoms with E-state index in [1.165, 1.54) is 37.3 Å². The second-order valence-electron chi connectivity index (χ2n) is 11.5. The minimum atomic E-state index is -4.32. The van der Waals surface area contributed by atoms with Crippen LogP contribution < -0.4 is 19.1 Å². The molecule has 9 nitrogen and oxygen atoms in total. The molecular weight excluding hydrogens is 614 g/mol. The number of likely N-dealkylation sites (N-methyl/N-ethyl adjacent to an activating group) is 1. The molecule has 4 aromatic rings. The van der Waals surface area contributed by atoms with Gasteiger partial charge in [0.15, 0.2) is 11.5 Å². The van der Waals surface area contributed by atoms with Crippen molar-refractivity contribution in [1.82, 2.24) is 10.2 Å². The van der Waals surface area contributed by atoms with E-state index < -0.39 is 28.5 Å². The fourth-order valence-electron chi connectivity index (χ4n) is 5.46. The second-order valence-corrected chi connectivity index (χ2v) is 13.3. The summed E-state index contributed by atoms with van der Waals surface area (Å²) in [6.07, 6.45) is 0.246. The first kappa shape index (κ1) is 35.0. The molecule has 0 unspecified atom stereocenters. The predicted octanol–water partition coefficient (Wildman–Crippen LogP) is 5.60. The van der Waals surface area contributed by atoms with Gasteiger partial charge in [-0.05, 0) is 74.2 Å². The smallest absolute Gasteiger partial charge is 0.264 e. The van der Waals surface area contributed by atoms with Crippen LogP contribution in [0.1, 0.15) is 34.7 Å². The van der Waals surface area contributed by atoms with E-state index in [1.807, 2.05) is 88.4 Å². The Morgan fingerprint density at radius 2 is 1.40 bits per heavy atom. The largest absolute Gasteiger partial charge is 0.493 e. The molecule has 2 amide bonds. The molecule has 10 heteroatoms. The minimum Gasteiger partial charge on any atom is -0.493 e. The molecule has 1 atom stereocenters. The summed E-state index contributed by atoms with van der Waals surface area (Å²) in [6.45, 7) is 7.46. The molecule has 0 fully saturated rings. The SMILES string of the molecule is CCNC(=O)[C@@H](Cc1ccccc1)N(Cc1ccc(C)cc1)C(=O)CN(c1cc(C)cc(C)c1)S(=O)(=O)c1ccc(OC)c(OC)c1. The highest BCUT2D eigenvalue weighted by atomic mass is 32.2. The Kier molecular flexibility index (Phi) is 11.7. The number of amides is 2. The van der Waals surface area contributed by atoms with Crippen molar-refractivity contribution in [3.05, 3.63) is 119 Å². The minimum absolute atomic E-state index is 0.0724. The number of hydrogen-bond donors (Lipinski definition) is 1. The van der Waals surface area contributed by atoms with Crippen LogP contribution in [0.2, 0.25) is 0 Å². The molecule has 0 aliphatic carbocycles. The normalized spacial score (nSPS) is 11.8. The lowest BCUT2D eigenvalue weighted by Crippen LogP contribution is -2.53. The lowest BCUT2D eigenvalue weighted by atomic mass is 10.0. The van der Waals surface area contributed by atoms with Gasteiger partial charge in [-0.15, -0.1) is 0 Å². The van der Waals surface area contributed by atoms with Crippen LogP contribution >= 0.6 is 0 Å². The summed E-state index contributed by atoms with van der Waals surface area (Å²) in [4.78, 5) is 29.7. The van der Waals surface area contributed by atoms with Crippen molar-refractivity contribution in [2.24, 2.45) is 0 Å². The van der Waals surface area contributed by atoms with Gasteiger partial charge in [0.1, 0.15) is 12.6 Å². The zero-order valence-corrected chi connectivity index (χ0v) is 28.6. The van der Waals surface area contributed by atoms with E-state index >= 15 is 0 Å². The lowest BCUT2D eigenvalue weighted by molar-refractivity contribution is -0.140. The maximum Gasteiger partial charge on any atom is 0.264 e. The summed E-state index contributed by atoms with van der Waals surface area (Å²) in [5.74, 6) is -0.241. The van der Waals surface area contributed by atoms with E-state index in [0.717, 1.165) is 32.1 Å². The molecule has 0 saturated heterocycles. The number of methoxy groups -OCH3 is 2. The summed E-state index contributed by atoms with van der Waals surface area (Å²) in [7, 11) is -1.42. The quantitative estimate of drug-likeness (QED) is 0.189. The van der Waals surface area contributed by atoms with Crippen molar-refractivity contribution in [3.63, 3.8) is 0 Å². The number of sulfonamides is 1. The van der Waals surface area contributed by atoms with Gasteiger partial charge >= 0.3 is 0 Å². The van der Waals surface area contributed by atoms with E-state index in [1.54, 1.807) is 12.1 Å². The molecule has 0 aromatic heterocycles. The van der Waals surface area contributed by atoms with E-state index in [0.29, 0.717) is 18.0 Å². The van der Waals surface area contributed by atoms with Gasteiger partial charge in [-0.1, -0.05) is 66.2 Å². The third-order valence-corrected chi connectivity index (χ3v) is 9.58. The number of nitrogens with zero attached hydrogens (tertiary/aromatic N) is 2. The van der Waals surface area contributed by atoms with Crippen LogP contribution in [0.3, 0.4) is 0 Å². The van der Waals surface area contributed by atoms with Gasteiger partial charge in [0, 0.05) is 25.6 Å². The zero-order chi connectivity index (χ0) is 34.1. The number of carbonyl (C=O) groups is 2. The summed E-state index contributed by atoms with van der Waals surface area (Å²) in [5.41, 5.74) is 4.74. The summed E-state index contributed by atoms with van der Waals surface area (Å²) >= 11 is 0. The molecule has 1 N–H and O–H groups in total. The van der Waals surface area contributed by atoms with Crippen LogP contribution in [0, 0.1) is 20.8 Å². The molecule has 0 radical (unpaired) electrons. The first-order valence-electron chi connectivity index (χ1n) is 15.5. The molecule has 0 aliphatic rings. The molecule has 47 heavy (non-hydrogen) atoms. The maximum absolute atomic E-state index is 14.6. The average Bonchev–Trinajstić information content (AvgIpc) is 3.05. The monoisotopic (exact) mass is 657 g/mol. The van der Waals surface area contributed by atoms with Gasteiger partial charge in [-0.25, -0.2) is 8.42 Å². The van der Waals surface area contributed by atoms with Crippen molar-refractivity contribution < 1.29 is 27.5 Å². The van der Waals surface area contributed by atoms with Crippen LogP contribution in [0.25, 0.3) is 0 Å². The van der Waals surface area contributed by atoms with Crippen LogP contribution in [0.15, 0.2) is 95.9 Å². The first-order valence-corrected chi connectivity index (χ1v) is 16.9. The number of hydrogen-bond acceptors (Lipinski definition) is 6. The Morgan fingerprint density at radius 1 is 0.766 bits per heavy atom. The van der Waals surface area contributed by atoms with Crippen molar-refractivity contribution >= 4 is 27.5 Å². The zero-order valence-electron chi connectivity index (χ0n) is 27.8. The van der Waals surface area contributed by atoms with Gasteiger partial charge < -0.3 is 19.7 Å². The van der Waals surface area contributed by atoms with Gasteiger partial charge in [-0.3, -0.25) is 13.9 Å². The molecule has 248 valence electrons. The number of nitrogens with one attached hydrogen (secondary N) is 1. The number of rotatable bonds is 14. The van der Waals surface area contributed by atoms with Crippen LogP contribution in [0.5, 0.6) is 11.5 Å².